The van der Waals surface area contributed by atoms with E-state index < -0.39 is 25.1 Å². The van der Waals surface area contributed by atoms with Gasteiger partial charge >= 0.3 is 6.18 Å². The molecule has 0 aliphatic rings. The fourth-order valence-corrected chi connectivity index (χ4v) is 1.14. The largest absolute Gasteiger partial charge is 0.492 e. The van der Waals surface area contributed by atoms with Gasteiger partial charge in [-0.05, 0) is 12.1 Å². The molecular formula is C10H11F3N2O2. The van der Waals surface area contributed by atoms with Crippen LogP contribution >= 0.6 is 0 Å². The third-order valence-electron chi connectivity index (χ3n) is 1.91. The van der Waals surface area contributed by atoms with E-state index in [0.29, 0.717) is 0 Å². The number of halogens is 3. The third-order valence-corrected chi connectivity index (χ3v) is 1.91. The molecule has 4 N–H and O–H groups in total. The summed E-state index contributed by atoms with van der Waals surface area (Å²) in [5.41, 5.74) is 10.7. The van der Waals surface area contributed by atoms with Crippen LogP contribution in [0.1, 0.15) is 16.8 Å². The lowest BCUT2D eigenvalue weighted by molar-refractivity contribution is -0.139. The van der Waals surface area contributed by atoms with Crippen LogP contribution in [-0.2, 0) is 0 Å². The van der Waals surface area contributed by atoms with Crippen LogP contribution in [0.25, 0.3) is 0 Å². The van der Waals surface area contributed by atoms with E-state index in [9.17, 15) is 18.0 Å². The van der Waals surface area contributed by atoms with E-state index >= 15 is 0 Å². The zero-order valence-corrected chi connectivity index (χ0v) is 8.75. The van der Waals surface area contributed by atoms with Gasteiger partial charge in [0.1, 0.15) is 5.75 Å². The first kappa shape index (κ1) is 13.1. The highest BCUT2D eigenvalue weighted by Gasteiger charge is 2.27. The number of carbonyl (C=O) groups excluding carboxylic acids is 1. The zero-order chi connectivity index (χ0) is 13.1. The molecule has 17 heavy (non-hydrogen) atoms. The summed E-state index contributed by atoms with van der Waals surface area (Å²) in [5, 5.41) is 0. The predicted molar refractivity (Wildman–Crippen MR) is 55.5 cm³/mol. The predicted octanol–water partition coefficient (Wildman–Crippen LogP) is 1.70. The summed E-state index contributed by atoms with van der Waals surface area (Å²) in [4.78, 5) is 11.0. The Bertz CT molecular complexity index is 419. The minimum absolute atomic E-state index is 0.00127. The monoisotopic (exact) mass is 248 g/mol. The van der Waals surface area contributed by atoms with Gasteiger partial charge in [0.2, 0.25) is 0 Å². The first-order valence-electron chi connectivity index (χ1n) is 4.68. The van der Waals surface area contributed by atoms with Crippen molar-refractivity contribution in [1.29, 1.82) is 0 Å². The van der Waals surface area contributed by atoms with Gasteiger partial charge in [-0.1, -0.05) is 0 Å². The molecule has 0 aliphatic carbocycles. The van der Waals surface area contributed by atoms with E-state index in [2.05, 4.69) is 0 Å². The molecule has 0 heterocycles. The molecule has 1 amide bonds. The number of hydrogen-bond donors (Lipinski definition) is 2. The average Bonchev–Trinajstić information content (AvgIpc) is 2.15. The Labute approximate surface area is 95.3 Å². The minimum Gasteiger partial charge on any atom is -0.492 e. The van der Waals surface area contributed by atoms with Crippen molar-refractivity contribution in [1.82, 2.24) is 0 Å². The number of rotatable bonds is 4. The maximum Gasteiger partial charge on any atom is 0.392 e. The standard InChI is InChI=1S/C10H11F3N2O2/c11-10(12,13)3-4-17-8-5-6(14)1-2-7(8)9(15)16/h1-2,5H,3-4,14H2,(H2,15,16). The number of anilines is 1. The molecule has 0 saturated carbocycles. The quantitative estimate of drug-likeness (QED) is 0.796. The van der Waals surface area contributed by atoms with Crippen molar-refractivity contribution in [3.8, 4) is 5.75 Å². The SMILES string of the molecule is NC(=O)c1ccc(N)cc1OCCC(F)(F)F. The van der Waals surface area contributed by atoms with Crippen molar-refractivity contribution >= 4 is 11.6 Å². The van der Waals surface area contributed by atoms with Gasteiger partial charge in [0.25, 0.3) is 5.91 Å². The van der Waals surface area contributed by atoms with Gasteiger partial charge in [0.15, 0.2) is 0 Å². The summed E-state index contributed by atoms with van der Waals surface area (Å²) in [7, 11) is 0. The van der Waals surface area contributed by atoms with Crippen LogP contribution in [0.5, 0.6) is 5.75 Å². The van der Waals surface area contributed by atoms with Crippen molar-refractivity contribution in [3.63, 3.8) is 0 Å². The van der Waals surface area contributed by atoms with E-state index in [1.165, 1.54) is 18.2 Å². The number of carbonyl (C=O) groups is 1. The first-order chi connectivity index (χ1) is 7.79. The van der Waals surface area contributed by atoms with Crippen molar-refractivity contribution in [2.45, 2.75) is 12.6 Å². The molecule has 1 rings (SSSR count). The number of primary amides is 1. The number of hydrogen-bond acceptors (Lipinski definition) is 3. The highest BCUT2D eigenvalue weighted by atomic mass is 19.4. The van der Waals surface area contributed by atoms with Crippen LogP contribution < -0.4 is 16.2 Å². The Hall–Kier alpha value is -1.92. The molecule has 1 aromatic rings. The molecule has 7 heteroatoms. The van der Waals surface area contributed by atoms with Crippen molar-refractivity contribution < 1.29 is 22.7 Å². The molecule has 0 aliphatic heterocycles. The summed E-state index contributed by atoms with van der Waals surface area (Å²) >= 11 is 0. The maximum atomic E-state index is 11.9. The van der Waals surface area contributed by atoms with Gasteiger partial charge in [0, 0.05) is 11.8 Å². The van der Waals surface area contributed by atoms with Gasteiger partial charge < -0.3 is 16.2 Å². The molecule has 0 saturated heterocycles. The van der Waals surface area contributed by atoms with Crippen LogP contribution in [0, 0.1) is 0 Å². The van der Waals surface area contributed by atoms with Gasteiger partial charge in [0.05, 0.1) is 18.6 Å². The Morgan fingerprint density at radius 1 is 1.35 bits per heavy atom. The molecule has 0 spiro atoms. The molecule has 4 nitrogen and oxygen atoms in total. The Kier molecular flexibility index (Phi) is 3.82. The van der Waals surface area contributed by atoms with Crippen LogP contribution in [-0.4, -0.2) is 18.7 Å². The second-order valence-corrected chi connectivity index (χ2v) is 3.33. The smallest absolute Gasteiger partial charge is 0.392 e. The van der Waals surface area contributed by atoms with E-state index in [1.54, 1.807) is 0 Å². The second-order valence-electron chi connectivity index (χ2n) is 3.33. The maximum absolute atomic E-state index is 11.9. The highest BCUT2D eigenvalue weighted by molar-refractivity contribution is 5.96. The van der Waals surface area contributed by atoms with Crippen LogP contribution in [0.15, 0.2) is 18.2 Å². The average molecular weight is 248 g/mol. The number of nitrogen functional groups attached to an aromatic ring is 1. The lowest BCUT2D eigenvalue weighted by Crippen LogP contribution is -2.16. The van der Waals surface area contributed by atoms with Gasteiger partial charge in [-0.15, -0.1) is 0 Å². The van der Waals surface area contributed by atoms with E-state index in [-0.39, 0.29) is 17.0 Å². The summed E-state index contributed by atoms with van der Waals surface area (Å²) in [5.74, 6) is -0.825. The van der Waals surface area contributed by atoms with Crippen molar-refractivity contribution in [2.75, 3.05) is 12.3 Å². The first-order valence-corrected chi connectivity index (χ1v) is 4.68. The molecule has 0 atom stereocenters. The molecule has 0 aromatic heterocycles. The number of benzene rings is 1. The second kappa shape index (κ2) is 4.94. The van der Waals surface area contributed by atoms with Crippen molar-refractivity contribution in [2.24, 2.45) is 5.73 Å². The summed E-state index contributed by atoms with van der Waals surface area (Å²) in [6, 6.07) is 3.98. The Balaban J connectivity index is 2.75. The lowest BCUT2D eigenvalue weighted by atomic mass is 10.1. The fourth-order valence-electron chi connectivity index (χ4n) is 1.14. The Morgan fingerprint density at radius 2 is 2.00 bits per heavy atom. The van der Waals surface area contributed by atoms with E-state index in [0.717, 1.165) is 0 Å². The summed E-state index contributed by atoms with van der Waals surface area (Å²) < 4.78 is 40.6. The lowest BCUT2D eigenvalue weighted by Gasteiger charge is -2.11. The van der Waals surface area contributed by atoms with Crippen LogP contribution in [0.4, 0.5) is 18.9 Å². The zero-order valence-electron chi connectivity index (χ0n) is 8.75. The number of nitrogens with two attached hydrogens (primary N) is 2. The van der Waals surface area contributed by atoms with Crippen LogP contribution in [0.3, 0.4) is 0 Å². The van der Waals surface area contributed by atoms with Crippen molar-refractivity contribution in [3.05, 3.63) is 23.8 Å². The topological polar surface area (TPSA) is 78.3 Å². The Morgan fingerprint density at radius 3 is 2.53 bits per heavy atom. The molecule has 0 unspecified atom stereocenters. The summed E-state index contributed by atoms with van der Waals surface area (Å²) in [6.07, 6.45) is -5.42. The van der Waals surface area contributed by atoms with Gasteiger partial charge in [-0.3, -0.25) is 4.79 Å². The van der Waals surface area contributed by atoms with Crippen LogP contribution in [0.2, 0.25) is 0 Å². The number of alkyl halides is 3. The van der Waals surface area contributed by atoms with E-state index in [4.69, 9.17) is 16.2 Å². The molecular weight excluding hydrogens is 237 g/mol. The molecule has 0 radical (unpaired) electrons. The third kappa shape index (κ3) is 4.21. The molecule has 0 fully saturated rings. The molecule has 1 aromatic carbocycles. The normalized spacial score (nSPS) is 11.2. The highest BCUT2D eigenvalue weighted by Crippen LogP contribution is 2.24. The number of amides is 1. The summed E-state index contributed by atoms with van der Waals surface area (Å²) in [6.45, 7) is -0.590. The van der Waals surface area contributed by atoms with E-state index in [1.807, 2.05) is 0 Å². The molecule has 94 valence electrons. The fraction of sp³-hybridized carbons (Fsp3) is 0.300. The van der Waals surface area contributed by atoms with Gasteiger partial charge in [-0.25, -0.2) is 0 Å². The van der Waals surface area contributed by atoms with Gasteiger partial charge in [-0.2, -0.15) is 13.2 Å². The number of ether oxygens (including phenoxy) is 1. The minimum atomic E-state index is -4.31. The molecule has 0 bridgehead atoms.